The number of halogens is 2. The van der Waals surface area contributed by atoms with E-state index in [0.29, 0.717) is 67.1 Å². The Morgan fingerprint density at radius 1 is 0.852 bits per heavy atom. The van der Waals surface area contributed by atoms with Gasteiger partial charge in [0.25, 0.3) is 0 Å². The number of carboxylic acid groups (broad SMARTS) is 1. The van der Waals surface area contributed by atoms with Gasteiger partial charge in [-0.1, -0.05) is 81.6 Å². The molecule has 3 aliphatic rings. The molecule has 3 aromatic rings. The van der Waals surface area contributed by atoms with Crippen LogP contribution < -0.4 is 10.6 Å². The predicted octanol–water partition coefficient (Wildman–Crippen LogP) is 7.10. The molecule has 2 aromatic carbocycles. The lowest BCUT2D eigenvalue weighted by Gasteiger charge is -2.53. The van der Waals surface area contributed by atoms with Crippen molar-refractivity contribution in [3.05, 3.63) is 88.0 Å². The molecule has 0 spiro atoms. The zero-order chi connectivity index (χ0) is 43.9. The number of nitrogens with two attached hydrogens (primary N) is 1. The SMILES string of the molecule is CC(C)(C)[C@@H](C[SH+]N1CCN(C(=O)CCCCCC(=O)N2CCN(c3ccc(N)nc3)CC2)CC1)N1C(=O)[C@@](C)(CC(=O)O)C[C@H](c2cccc(Cl)c2)[C@H]1c1ccc(Cl)cc1. The summed E-state index contributed by atoms with van der Waals surface area (Å²) in [5, 5.41) is 11.3. The average Bonchev–Trinajstić information content (AvgIpc) is 3.22. The number of carbonyl (C=O) groups is 4. The topological polar surface area (TPSA) is 144 Å². The van der Waals surface area contributed by atoms with Gasteiger partial charge in [0, 0.05) is 68.1 Å². The van der Waals surface area contributed by atoms with Crippen molar-refractivity contribution in [3.63, 3.8) is 0 Å². The van der Waals surface area contributed by atoms with E-state index in [-0.39, 0.29) is 47.6 Å². The average molecular weight is 896 g/mol. The third kappa shape index (κ3) is 11.9. The number of amides is 3. The molecule has 3 aliphatic heterocycles. The first-order valence-corrected chi connectivity index (χ1v) is 23.3. The Morgan fingerprint density at radius 3 is 2.03 bits per heavy atom. The summed E-state index contributed by atoms with van der Waals surface area (Å²) in [6.45, 7) is 13.8. The number of anilines is 2. The molecule has 330 valence electrons. The number of aromatic nitrogens is 1. The number of hydrogen-bond donors (Lipinski definition) is 2. The fraction of sp³-hybridized carbons (Fsp3) is 0.543. The Bertz CT molecular complexity index is 1980. The minimum absolute atomic E-state index is 0.151. The van der Waals surface area contributed by atoms with Crippen molar-refractivity contribution in [1.82, 2.24) is 24.0 Å². The van der Waals surface area contributed by atoms with Crippen molar-refractivity contribution in [2.45, 2.75) is 90.6 Å². The van der Waals surface area contributed by atoms with Crippen LogP contribution in [0.25, 0.3) is 0 Å². The van der Waals surface area contributed by atoms with E-state index in [1.54, 1.807) is 19.2 Å². The molecule has 6 rings (SSSR count). The summed E-state index contributed by atoms with van der Waals surface area (Å²) in [5.41, 5.74) is 7.13. The van der Waals surface area contributed by atoms with Crippen LogP contribution in [0.5, 0.6) is 0 Å². The van der Waals surface area contributed by atoms with Crippen LogP contribution in [0.15, 0.2) is 66.9 Å². The highest BCUT2D eigenvalue weighted by molar-refractivity contribution is 7.76. The number of piperidine rings is 1. The van der Waals surface area contributed by atoms with Gasteiger partial charge >= 0.3 is 5.97 Å². The van der Waals surface area contributed by atoms with E-state index in [1.165, 1.54) is 0 Å². The summed E-state index contributed by atoms with van der Waals surface area (Å²) in [6.07, 6.45) is 5.17. The molecule has 3 amide bonds. The number of aliphatic carboxylic acids is 1. The van der Waals surface area contributed by atoms with Gasteiger partial charge in [-0.2, -0.15) is 0 Å². The first-order chi connectivity index (χ1) is 29.0. The first kappa shape index (κ1) is 46.5. The van der Waals surface area contributed by atoms with Gasteiger partial charge in [-0.05, 0) is 72.2 Å². The molecule has 12 nitrogen and oxygen atoms in total. The molecule has 0 unspecified atom stereocenters. The Labute approximate surface area is 375 Å². The van der Waals surface area contributed by atoms with Crippen LogP contribution >= 0.6 is 23.2 Å². The van der Waals surface area contributed by atoms with Gasteiger partial charge in [-0.3, -0.25) is 19.2 Å². The molecule has 0 radical (unpaired) electrons. The van der Waals surface area contributed by atoms with Crippen LogP contribution in [0.4, 0.5) is 11.5 Å². The Balaban J connectivity index is 1.03. The van der Waals surface area contributed by atoms with E-state index in [1.807, 2.05) is 69.3 Å². The molecule has 0 bridgehead atoms. The largest absolute Gasteiger partial charge is 0.481 e. The van der Waals surface area contributed by atoms with E-state index in [2.05, 4.69) is 35.0 Å². The zero-order valence-corrected chi connectivity index (χ0v) is 38.3. The van der Waals surface area contributed by atoms with Gasteiger partial charge in [0.2, 0.25) is 17.7 Å². The lowest BCUT2D eigenvalue weighted by Crippen LogP contribution is -2.60. The zero-order valence-electron chi connectivity index (χ0n) is 35.9. The van der Waals surface area contributed by atoms with Crippen LogP contribution in [-0.2, 0) is 31.1 Å². The van der Waals surface area contributed by atoms with E-state index < -0.39 is 11.4 Å². The van der Waals surface area contributed by atoms with Gasteiger partial charge < -0.3 is 30.4 Å². The summed E-state index contributed by atoms with van der Waals surface area (Å²) in [6, 6.07) is 18.5. The second-order valence-electron chi connectivity index (χ2n) is 18.1. The molecule has 0 saturated carbocycles. The number of thiol groups is 1. The summed E-state index contributed by atoms with van der Waals surface area (Å²) < 4.78 is 2.34. The number of pyridine rings is 1. The molecule has 1 aromatic heterocycles. The second-order valence-corrected chi connectivity index (χ2v) is 20.2. The van der Waals surface area contributed by atoms with E-state index in [4.69, 9.17) is 28.9 Å². The number of rotatable bonds is 15. The molecular weight excluding hydrogens is 834 g/mol. The molecule has 4 atom stereocenters. The van der Waals surface area contributed by atoms with Gasteiger partial charge in [-0.25, -0.2) is 4.98 Å². The monoisotopic (exact) mass is 894 g/mol. The van der Waals surface area contributed by atoms with E-state index in [0.717, 1.165) is 74.2 Å². The lowest BCUT2D eigenvalue weighted by molar-refractivity contribution is -0.162. The lowest BCUT2D eigenvalue weighted by atomic mass is 9.66. The fourth-order valence-corrected chi connectivity index (χ4v) is 11.0. The van der Waals surface area contributed by atoms with Crippen LogP contribution in [0.1, 0.15) is 95.7 Å². The number of carbonyl (C=O) groups excluding carboxylic acids is 3. The number of carboxylic acids is 1. The Hall–Kier alpha value is -4.04. The third-order valence-electron chi connectivity index (χ3n) is 12.6. The summed E-state index contributed by atoms with van der Waals surface area (Å²) in [7, 11) is 0. The highest BCUT2D eigenvalue weighted by Crippen LogP contribution is 2.53. The number of unbranched alkanes of at least 4 members (excludes halogenated alkanes) is 2. The van der Waals surface area contributed by atoms with Gasteiger partial charge in [0.15, 0.2) is 0 Å². The molecular formula is C46H62Cl2N7O5S+. The van der Waals surface area contributed by atoms with Crippen molar-refractivity contribution in [1.29, 1.82) is 0 Å². The highest BCUT2D eigenvalue weighted by Gasteiger charge is 2.55. The molecule has 3 N–H and O–H groups in total. The van der Waals surface area contributed by atoms with Crippen molar-refractivity contribution >= 4 is 70.3 Å². The second kappa shape index (κ2) is 20.4. The molecule has 3 fully saturated rings. The number of nitrogens with zero attached hydrogens (tertiary/aromatic N) is 6. The van der Waals surface area contributed by atoms with E-state index >= 15 is 0 Å². The summed E-state index contributed by atoms with van der Waals surface area (Å²) in [5.74, 6) is 0.0748. The van der Waals surface area contributed by atoms with Crippen LogP contribution in [-0.4, -0.2) is 117 Å². The molecule has 15 heteroatoms. The minimum atomic E-state index is -1.14. The first-order valence-electron chi connectivity index (χ1n) is 21.5. The number of benzene rings is 2. The van der Waals surface area contributed by atoms with Crippen molar-refractivity contribution < 1.29 is 24.3 Å². The van der Waals surface area contributed by atoms with Crippen LogP contribution in [0.2, 0.25) is 10.0 Å². The van der Waals surface area contributed by atoms with Crippen molar-refractivity contribution in [3.8, 4) is 0 Å². The van der Waals surface area contributed by atoms with Gasteiger partial charge in [0.05, 0.1) is 60.8 Å². The molecule has 4 heterocycles. The maximum Gasteiger partial charge on any atom is 0.304 e. The smallest absolute Gasteiger partial charge is 0.304 e. The van der Waals surface area contributed by atoms with Crippen LogP contribution in [0, 0.1) is 10.8 Å². The minimum Gasteiger partial charge on any atom is -0.481 e. The maximum atomic E-state index is 15.0. The molecule has 3 saturated heterocycles. The van der Waals surface area contributed by atoms with Crippen molar-refractivity contribution in [2.24, 2.45) is 10.8 Å². The normalized spacial score (nSPS) is 22.0. The van der Waals surface area contributed by atoms with E-state index in [9.17, 15) is 24.3 Å². The summed E-state index contributed by atoms with van der Waals surface area (Å²) >= 11 is 14.0. The standard InChI is InChI=1S/C46H61Cl2N7O5S/c1-45(2,3)38(55-43(32-13-15-34(47)16-14-32)37(33-9-8-10-35(48)27-33)28-46(4,44(55)60)29-42(58)59)31-61-54-25-23-53(24-26-54)41(57)12-7-5-6-11-40(56)52-21-19-51(20-22-52)36-17-18-39(49)50-30-36/h8-10,13-18,27,30,37-38,43H,5-7,11-12,19-26,28-29,31H2,1-4H3,(H2,49,50)(H,58,59)/p+1/t37-,38-,43-,46-/m1/s1. The number of piperazine rings is 2. The molecule has 0 aliphatic carbocycles. The number of likely N-dealkylation sites (tertiary alicyclic amines) is 1. The third-order valence-corrected chi connectivity index (χ3v) is 14.4. The quantitative estimate of drug-likeness (QED) is 0.0929. The maximum absolute atomic E-state index is 15.0. The number of nitrogen functional groups attached to an aromatic ring is 1. The number of hydrogen-bond acceptors (Lipinski definition) is 8. The summed E-state index contributed by atoms with van der Waals surface area (Å²) in [4.78, 5) is 65.8. The highest BCUT2D eigenvalue weighted by atomic mass is 35.5. The predicted molar refractivity (Wildman–Crippen MR) is 246 cm³/mol. The van der Waals surface area contributed by atoms with Gasteiger partial charge in [-0.15, -0.1) is 4.31 Å². The van der Waals surface area contributed by atoms with Crippen LogP contribution in [0.3, 0.4) is 0 Å². The molecule has 61 heavy (non-hydrogen) atoms. The fourth-order valence-electron chi connectivity index (χ4n) is 9.13. The Kier molecular flexibility index (Phi) is 15.6. The Morgan fingerprint density at radius 2 is 1.48 bits per heavy atom. The van der Waals surface area contributed by atoms with Gasteiger partial charge in [0.1, 0.15) is 11.6 Å². The van der Waals surface area contributed by atoms with Crippen molar-refractivity contribution in [2.75, 3.05) is 68.7 Å².